The first kappa shape index (κ1) is 52.3. The van der Waals surface area contributed by atoms with Gasteiger partial charge in [-0.25, -0.2) is 0 Å². The number of aliphatic hydroxyl groups is 1. The van der Waals surface area contributed by atoms with Crippen LogP contribution in [-0.2, 0) is 14.9 Å². The van der Waals surface area contributed by atoms with E-state index in [2.05, 4.69) is 67.8 Å². The fourth-order valence-electron chi connectivity index (χ4n) is 6.92. The minimum atomic E-state index is -4.32. The van der Waals surface area contributed by atoms with Crippen molar-refractivity contribution in [3.05, 3.63) is 48.6 Å². The van der Waals surface area contributed by atoms with Crippen molar-refractivity contribution in [2.24, 2.45) is 0 Å². The summed E-state index contributed by atoms with van der Waals surface area (Å²) in [6.07, 6.45) is 54.9. The van der Waals surface area contributed by atoms with E-state index >= 15 is 0 Å². The summed E-state index contributed by atoms with van der Waals surface area (Å²) in [7, 11) is -4.32. The molecule has 0 aliphatic heterocycles. The SMILES string of the molecule is CC/C=C\C/C=C\C/C=C\C/C=C\CCCCCCCCC(=O)NC(CS(=O)(=O)O)C(O)CCCCCCCCCCCCCCCCCCCCCC. The van der Waals surface area contributed by atoms with Crippen LogP contribution < -0.4 is 5.32 Å². The van der Waals surface area contributed by atoms with Crippen molar-refractivity contribution in [1.29, 1.82) is 0 Å². The van der Waals surface area contributed by atoms with E-state index < -0.39 is 28.0 Å². The molecule has 2 unspecified atom stereocenters. The van der Waals surface area contributed by atoms with E-state index in [4.69, 9.17) is 0 Å². The number of hydrogen-bond donors (Lipinski definition) is 3. The molecule has 0 heterocycles. The molecule has 0 saturated heterocycles. The highest BCUT2D eigenvalue weighted by Gasteiger charge is 2.26. The van der Waals surface area contributed by atoms with Gasteiger partial charge in [-0.1, -0.05) is 217 Å². The van der Waals surface area contributed by atoms with Crippen molar-refractivity contribution in [3.63, 3.8) is 0 Å². The molecule has 0 radical (unpaired) electrons. The Bertz CT molecular complexity index is 1030. The van der Waals surface area contributed by atoms with E-state index in [1.165, 1.54) is 122 Å². The van der Waals surface area contributed by atoms with Crippen LogP contribution in [0.1, 0.15) is 226 Å². The molecule has 0 aromatic rings. The Hall–Kier alpha value is -1.70. The van der Waals surface area contributed by atoms with Crippen LogP contribution in [0, 0.1) is 0 Å². The molecule has 0 aliphatic carbocycles. The zero-order valence-corrected chi connectivity index (χ0v) is 36.2. The summed E-state index contributed by atoms with van der Waals surface area (Å²) < 4.78 is 32.7. The highest BCUT2D eigenvalue weighted by molar-refractivity contribution is 7.85. The third-order valence-electron chi connectivity index (χ3n) is 10.3. The van der Waals surface area contributed by atoms with Gasteiger partial charge in [0, 0.05) is 6.42 Å². The maximum atomic E-state index is 12.6. The first-order valence-corrected chi connectivity index (χ1v) is 24.4. The van der Waals surface area contributed by atoms with Gasteiger partial charge in [0.1, 0.15) is 0 Å². The number of allylic oxidation sites excluding steroid dienone is 8. The van der Waals surface area contributed by atoms with Gasteiger partial charge >= 0.3 is 0 Å². The molecule has 0 fully saturated rings. The number of carbonyl (C=O) groups is 1. The Labute approximate surface area is 335 Å². The summed E-state index contributed by atoms with van der Waals surface area (Å²) in [6, 6.07) is -0.980. The molecule has 0 aliphatic rings. The molecule has 0 bridgehead atoms. The van der Waals surface area contributed by atoms with Crippen molar-refractivity contribution in [2.45, 2.75) is 238 Å². The number of rotatable bonds is 41. The minimum Gasteiger partial charge on any atom is -0.391 e. The van der Waals surface area contributed by atoms with Crippen LogP contribution in [0.4, 0.5) is 0 Å². The van der Waals surface area contributed by atoms with Gasteiger partial charge in [-0.2, -0.15) is 8.42 Å². The third-order valence-corrected chi connectivity index (χ3v) is 11.1. The van der Waals surface area contributed by atoms with Crippen LogP contribution in [0.15, 0.2) is 48.6 Å². The molecular weight excluding hydrogens is 691 g/mol. The predicted octanol–water partition coefficient (Wildman–Crippen LogP) is 13.9. The standard InChI is InChI=1S/C47H87NO5S/c1-3-5-7-9-11-13-15-17-19-21-23-25-26-28-30-32-34-36-38-40-42-46(49)45(44-54(51,52)53)48-47(50)43-41-39-37-35-33-31-29-27-24-22-20-18-16-14-12-10-8-6-4-2/h6,8,12,14,18,20,24,27,45-46,49H,3-5,7,9-11,13,15-17,19,21-23,25-26,28-44H2,1-2H3,(H,48,50)(H,51,52,53)/b8-6-,14-12-,20-18-,27-24-. The maximum absolute atomic E-state index is 12.6. The summed E-state index contributed by atoms with van der Waals surface area (Å²) in [5.74, 6) is -0.913. The van der Waals surface area contributed by atoms with Crippen molar-refractivity contribution < 1.29 is 22.9 Å². The quantitative estimate of drug-likeness (QED) is 0.0326. The maximum Gasteiger partial charge on any atom is 0.266 e. The first-order valence-electron chi connectivity index (χ1n) is 22.8. The van der Waals surface area contributed by atoms with Gasteiger partial charge in [0.15, 0.2) is 0 Å². The van der Waals surface area contributed by atoms with E-state index in [1.807, 2.05) is 0 Å². The van der Waals surface area contributed by atoms with Crippen LogP contribution in [0.25, 0.3) is 0 Å². The lowest BCUT2D eigenvalue weighted by Crippen LogP contribution is -2.47. The van der Waals surface area contributed by atoms with Crippen LogP contribution in [0.2, 0.25) is 0 Å². The Kier molecular flexibility index (Phi) is 39.7. The van der Waals surface area contributed by atoms with Gasteiger partial charge in [0.05, 0.1) is 17.9 Å². The zero-order chi connectivity index (χ0) is 39.6. The molecule has 0 aromatic heterocycles. The minimum absolute atomic E-state index is 0.259. The van der Waals surface area contributed by atoms with Crippen molar-refractivity contribution in [3.8, 4) is 0 Å². The third kappa shape index (κ3) is 41.5. The highest BCUT2D eigenvalue weighted by Crippen LogP contribution is 2.16. The molecule has 54 heavy (non-hydrogen) atoms. The fraction of sp³-hybridized carbons (Fsp3) is 0.809. The van der Waals surface area contributed by atoms with Crippen molar-refractivity contribution in [2.75, 3.05) is 5.75 Å². The molecule has 1 amide bonds. The smallest absolute Gasteiger partial charge is 0.266 e. The predicted molar refractivity (Wildman–Crippen MR) is 235 cm³/mol. The Balaban J connectivity index is 3.84. The summed E-state index contributed by atoms with van der Waals surface area (Å²) in [6.45, 7) is 4.43. The van der Waals surface area contributed by atoms with Gasteiger partial charge in [-0.05, 0) is 51.4 Å². The van der Waals surface area contributed by atoms with Gasteiger partial charge in [0.25, 0.3) is 10.1 Å². The number of aliphatic hydroxyl groups excluding tert-OH is 1. The summed E-state index contributed by atoms with van der Waals surface area (Å²) in [5.41, 5.74) is 0. The topological polar surface area (TPSA) is 104 Å². The lowest BCUT2D eigenvalue weighted by Gasteiger charge is -2.23. The molecule has 0 saturated carbocycles. The van der Waals surface area contributed by atoms with E-state index in [-0.39, 0.29) is 5.91 Å². The number of amides is 1. The van der Waals surface area contributed by atoms with Gasteiger partial charge in [0.2, 0.25) is 5.91 Å². The average Bonchev–Trinajstić information content (AvgIpc) is 3.14. The molecule has 0 rings (SSSR count). The van der Waals surface area contributed by atoms with E-state index in [1.54, 1.807) is 0 Å². The molecule has 0 spiro atoms. The van der Waals surface area contributed by atoms with Crippen LogP contribution in [0.3, 0.4) is 0 Å². The normalized spacial score (nSPS) is 13.6. The lowest BCUT2D eigenvalue weighted by molar-refractivity contribution is -0.122. The summed E-state index contributed by atoms with van der Waals surface area (Å²) in [4.78, 5) is 12.6. The molecule has 7 heteroatoms. The second kappa shape index (κ2) is 40.9. The number of nitrogens with one attached hydrogen (secondary N) is 1. The second-order valence-electron chi connectivity index (χ2n) is 15.7. The number of unbranched alkanes of at least 4 members (excludes halogenated alkanes) is 25. The second-order valence-corrected chi connectivity index (χ2v) is 17.2. The molecule has 3 N–H and O–H groups in total. The fourth-order valence-corrected chi connectivity index (χ4v) is 7.68. The Morgan fingerprint density at radius 3 is 1.31 bits per heavy atom. The summed E-state index contributed by atoms with van der Waals surface area (Å²) >= 11 is 0. The number of hydrogen-bond acceptors (Lipinski definition) is 4. The molecule has 6 nitrogen and oxygen atoms in total. The molecular formula is C47H87NO5S. The van der Waals surface area contributed by atoms with Crippen molar-refractivity contribution in [1.82, 2.24) is 5.32 Å². The Morgan fingerprint density at radius 1 is 0.519 bits per heavy atom. The summed E-state index contributed by atoms with van der Waals surface area (Å²) in [5, 5.41) is 13.4. The van der Waals surface area contributed by atoms with Crippen molar-refractivity contribution >= 4 is 16.0 Å². The van der Waals surface area contributed by atoms with Gasteiger partial charge in [-0.15, -0.1) is 0 Å². The number of carbonyl (C=O) groups excluding carboxylic acids is 1. The van der Waals surface area contributed by atoms with Gasteiger partial charge < -0.3 is 10.4 Å². The van der Waals surface area contributed by atoms with E-state index in [0.717, 1.165) is 77.0 Å². The van der Waals surface area contributed by atoms with Crippen LogP contribution in [0.5, 0.6) is 0 Å². The first-order chi connectivity index (χ1) is 26.3. The monoisotopic (exact) mass is 778 g/mol. The molecule has 316 valence electrons. The Morgan fingerprint density at radius 2 is 0.889 bits per heavy atom. The lowest BCUT2D eigenvalue weighted by atomic mass is 10.0. The highest BCUT2D eigenvalue weighted by atomic mass is 32.2. The van der Waals surface area contributed by atoms with E-state index in [9.17, 15) is 22.9 Å². The average molecular weight is 778 g/mol. The van der Waals surface area contributed by atoms with Crippen LogP contribution in [-0.4, -0.2) is 41.9 Å². The zero-order valence-electron chi connectivity index (χ0n) is 35.3. The van der Waals surface area contributed by atoms with Crippen LogP contribution >= 0.6 is 0 Å². The molecule has 2 atom stereocenters. The largest absolute Gasteiger partial charge is 0.391 e. The van der Waals surface area contributed by atoms with Gasteiger partial charge in [-0.3, -0.25) is 9.35 Å². The van der Waals surface area contributed by atoms with E-state index in [0.29, 0.717) is 12.8 Å². The molecule has 0 aromatic carbocycles.